The summed E-state index contributed by atoms with van der Waals surface area (Å²) in [5.41, 5.74) is 0.164. The van der Waals surface area contributed by atoms with Crippen molar-refractivity contribution in [2.24, 2.45) is 11.3 Å². The molecule has 0 heterocycles. The number of rotatable bonds is 3. The van der Waals surface area contributed by atoms with Crippen LogP contribution in [0.3, 0.4) is 0 Å². The van der Waals surface area contributed by atoms with Gasteiger partial charge in [-0.15, -0.1) is 0 Å². The van der Waals surface area contributed by atoms with Gasteiger partial charge < -0.3 is 0 Å². The Kier molecular flexibility index (Phi) is 4.62. The monoisotopic (exact) mass is 344 g/mol. The normalized spacial score (nSPS) is 19.1. The molecule has 2 rings (SSSR count). The van der Waals surface area contributed by atoms with Crippen molar-refractivity contribution in [1.82, 2.24) is 0 Å². The minimum absolute atomic E-state index is 0.0450. The summed E-state index contributed by atoms with van der Waals surface area (Å²) in [5, 5.41) is 0. The van der Waals surface area contributed by atoms with Crippen LogP contribution in [-0.4, -0.2) is 5.78 Å². The summed E-state index contributed by atoms with van der Waals surface area (Å²) in [7, 11) is 0. The third-order valence-electron chi connectivity index (χ3n) is 4.28. The molecule has 0 spiro atoms. The average Bonchev–Trinajstić information content (AvgIpc) is 2.39. The number of carbonyl (C=O) groups excluding carboxylic acids is 1. The van der Waals surface area contributed by atoms with E-state index in [2.05, 4.69) is 29.8 Å². The van der Waals surface area contributed by atoms with Gasteiger partial charge in [-0.05, 0) is 59.2 Å². The van der Waals surface area contributed by atoms with Crippen LogP contribution in [0.25, 0.3) is 0 Å². The van der Waals surface area contributed by atoms with E-state index < -0.39 is 11.6 Å². The number of Topliss-reactive ketones (excluding diaryl/α,β-unsaturated/α-hetero) is 1. The topological polar surface area (TPSA) is 17.1 Å². The lowest BCUT2D eigenvalue weighted by Gasteiger charge is -2.33. The zero-order valence-corrected chi connectivity index (χ0v) is 13.4. The largest absolute Gasteiger partial charge is 0.299 e. The van der Waals surface area contributed by atoms with E-state index in [1.54, 1.807) is 0 Å². The van der Waals surface area contributed by atoms with Gasteiger partial charge in [-0.25, -0.2) is 8.78 Å². The lowest BCUT2D eigenvalue weighted by Crippen LogP contribution is -2.27. The molecule has 1 fully saturated rings. The van der Waals surface area contributed by atoms with Crippen molar-refractivity contribution in [3.8, 4) is 0 Å². The van der Waals surface area contributed by atoms with E-state index in [0.29, 0.717) is 0 Å². The van der Waals surface area contributed by atoms with Crippen LogP contribution in [0.5, 0.6) is 0 Å². The van der Waals surface area contributed by atoms with Crippen LogP contribution in [0.1, 0.15) is 45.1 Å². The molecule has 1 aliphatic rings. The fourth-order valence-electron chi connectivity index (χ4n) is 2.77. The molecule has 0 aromatic heterocycles. The number of ketones is 1. The zero-order chi connectivity index (χ0) is 14.9. The Hall–Kier alpha value is -0.770. The fraction of sp³-hybridized carbons (Fsp3) is 0.562. The average molecular weight is 345 g/mol. The van der Waals surface area contributed by atoms with E-state index in [0.717, 1.165) is 25.7 Å². The molecule has 0 unspecified atom stereocenters. The molecule has 1 aliphatic carbocycles. The Labute approximate surface area is 126 Å². The van der Waals surface area contributed by atoms with Gasteiger partial charge in [0.1, 0.15) is 17.4 Å². The predicted octanol–water partition coefficient (Wildman–Crippen LogP) is 5.06. The van der Waals surface area contributed by atoms with Crippen LogP contribution in [0, 0.1) is 23.0 Å². The summed E-state index contributed by atoms with van der Waals surface area (Å²) < 4.78 is 27.7. The first-order chi connectivity index (χ1) is 9.30. The number of benzene rings is 1. The summed E-state index contributed by atoms with van der Waals surface area (Å²) in [6, 6.07) is 2.52. The van der Waals surface area contributed by atoms with E-state index in [1.165, 1.54) is 12.1 Å². The molecule has 1 saturated carbocycles. The maximum absolute atomic E-state index is 13.9. The SMILES string of the molecule is CC1(C)CCC(C(=O)Cc2c(F)ccc(Br)c2F)CC1. The quantitative estimate of drug-likeness (QED) is 0.700. The molecule has 0 atom stereocenters. The van der Waals surface area contributed by atoms with Gasteiger partial charge in [0.15, 0.2) is 0 Å². The number of carbonyl (C=O) groups is 1. The van der Waals surface area contributed by atoms with E-state index >= 15 is 0 Å². The number of hydrogen-bond acceptors (Lipinski definition) is 1. The molecular weight excluding hydrogens is 326 g/mol. The van der Waals surface area contributed by atoms with Crippen LogP contribution in [0.15, 0.2) is 16.6 Å². The summed E-state index contributed by atoms with van der Waals surface area (Å²) in [5.74, 6) is -1.40. The van der Waals surface area contributed by atoms with Gasteiger partial charge in [0.25, 0.3) is 0 Å². The molecule has 1 aromatic rings. The highest BCUT2D eigenvalue weighted by molar-refractivity contribution is 9.10. The van der Waals surface area contributed by atoms with Crippen LogP contribution < -0.4 is 0 Å². The van der Waals surface area contributed by atoms with E-state index in [-0.39, 0.29) is 33.6 Å². The third kappa shape index (κ3) is 3.46. The Balaban J connectivity index is 2.08. The summed E-state index contributed by atoms with van der Waals surface area (Å²) >= 11 is 3.03. The first kappa shape index (κ1) is 15.6. The van der Waals surface area contributed by atoms with Gasteiger partial charge in [-0.2, -0.15) is 0 Å². The van der Waals surface area contributed by atoms with Crippen molar-refractivity contribution in [2.45, 2.75) is 46.0 Å². The summed E-state index contributed by atoms with van der Waals surface area (Å²) in [6.45, 7) is 4.39. The third-order valence-corrected chi connectivity index (χ3v) is 4.90. The smallest absolute Gasteiger partial charge is 0.143 e. The van der Waals surface area contributed by atoms with E-state index in [1.807, 2.05) is 0 Å². The van der Waals surface area contributed by atoms with Crippen molar-refractivity contribution in [3.63, 3.8) is 0 Å². The molecule has 1 aromatic carbocycles. The van der Waals surface area contributed by atoms with Gasteiger partial charge in [0.2, 0.25) is 0 Å². The van der Waals surface area contributed by atoms with Crippen LogP contribution in [-0.2, 0) is 11.2 Å². The Morgan fingerprint density at radius 1 is 1.30 bits per heavy atom. The molecule has 0 N–H and O–H groups in total. The van der Waals surface area contributed by atoms with Crippen molar-refractivity contribution >= 4 is 21.7 Å². The maximum atomic E-state index is 13.9. The van der Waals surface area contributed by atoms with E-state index in [4.69, 9.17) is 0 Å². The molecule has 0 saturated heterocycles. The Morgan fingerprint density at radius 2 is 1.90 bits per heavy atom. The van der Waals surface area contributed by atoms with Crippen molar-refractivity contribution < 1.29 is 13.6 Å². The lowest BCUT2D eigenvalue weighted by molar-refractivity contribution is -0.123. The molecule has 0 bridgehead atoms. The second kappa shape index (κ2) is 5.92. The predicted molar refractivity (Wildman–Crippen MR) is 78.5 cm³/mol. The van der Waals surface area contributed by atoms with Crippen LogP contribution in [0.4, 0.5) is 8.78 Å². The number of hydrogen-bond donors (Lipinski definition) is 0. The minimum atomic E-state index is -0.658. The molecule has 0 amide bonds. The highest BCUT2D eigenvalue weighted by Crippen LogP contribution is 2.38. The van der Waals surface area contributed by atoms with Gasteiger partial charge in [0, 0.05) is 17.9 Å². The zero-order valence-electron chi connectivity index (χ0n) is 11.8. The maximum Gasteiger partial charge on any atom is 0.143 e. The minimum Gasteiger partial charge on any atom is -0.299 e. The van der Waals surface area contributed by atoms with E-state index in [9.17, 15) is 13.6 Å². The number of halogens is 3. The van der Waals surface area contributed by atoms with Crippen molar-refractivity contribution in [3.05, 3.63) is 33.8 Å². The van der Waals surface area contributed by atoms with Gasteiger partial charge in [-0.3, -0.25) is 4.79 Å². The fourth-order valence-corrected chi connectivity index (χ4v) is 3.14. The van der Waals surface area contributed by atoms with Crippen molar-refractivity contribution in [1.29, 1.82) is 0 Å². The second-order valence-electron chi connectivity index (χ2n) is 6.40. The molecule has 1 nitrogen and oxygen atoms in total. The highest BCUT2D eigenvalue weighted by atomic mass is 79.9. The van der Waals surface area contributed by atoms with Gasteiger partial charge >= 0.3 is 0 Å². The Morgan fingerprint density at radius 3 is 2.50 bits per heavy atom. The van der Waals surface area contributed by atoms with Gasteiger partial charge in [0.05, 0.1) is 4.47 Å². The highest BCUT2D eigenvalue weighted by Gasteiger charge is 2.31. The standard InChI is InChI=1S/C16H19BrF2O/c1-16(2)7-5-10(6-8-16)14(20)9-11-13(18)4-3-12(17)15(11)19/h3-4,10H,5-9H2,1-2H3. The Bertz CT molecular complexity index is 515. The molecule has 0 aliphatic heterocycles. The molecule has 0 radical (unpaired) electrons. The summed E-state index contributed by atoms with van der Waals surface area (Å²) in [6.07, 6.45) is 3.48. The first-order valence-electron chi connectivity index (χ1n) is 6.95. The van der Waals surface area contributed by atoms with Gasteiger partial charge in [-0.1, -0.05) is 13.8 Å². The summed E-state index contributed by atoms with van der Waals surface area (Å²) in [4.78, 5) is 12.2. The molecule has 4 heteroatoms. The molecular formula is C16H19BrF2O. The van der Waals surface area contributed by atoms with Crippen molar-refractivity contribution in [2.75, 3.05) is 0 Å². The van der Waals surface area contributed by atoms with Crippen LogP contribution >= 0.6 is 15.9 Å². The second-order valence-corrected chi connectivity index (χ2v) is 7.26. The molecule has 110 valence electrons. The van der Waals surface area contributed by atoms with Crippen LogP contribution in [0.2, 0.25) is 0 Å². The lowest BCUT2D eigenvalue weighted by atomic mass is 9.71. The first-order valence-corrected chi connectivity index (χ1v) is 7.74. The molecule has 20 heavy (non-hydrogen) atoms.